The first-order chi connectivity index (χ1) is 10.3. The first-order valence-corrected chi connectivity index (χ1v) is 8.10. The molecular weight excluding hydrogens is 258 g/mol. The molecule has 0 bridgehead atoms. The molecule has 0 saturated heterocycles. The van der Waals surface area contributed by atoms with E-state index in [1.165, 1.54) is 16.3 Å². The lowest BCUT2D eigenvalue weighted by Crippen LogP contribution is -2.16. The summed E-state index contributed by atoms with van der Waals surface area (Å²) in [5, 5.41) is 6.08. The molecular formula is C19H27NO. The van der Waals surface area contributed by atoms with Crippen LogP contribution in [0.4, 0.5) is 0 Å². The number of fused-ring (bicyclic) bond motifs is 1. The number of hydrogen-bond donors (Lipinski definition) is 1. The van der Waals surface area contributed by atoms with E-state index in [4.69, 9.17) is 4.74 Å². The molecule has 1 unspecified atom stereocenters. The molecule has 0 heterocycles. The summed E-state index contributed by atoms with van der Waals surface area (Å²) in [4.78, 5) is 0. The summed E-state index contributed by atoms with van der Waals surface area (Å²) < 4.78 is 6.09. The van der Waals surface area contributed by atoms with E-state index in [9.17, 15) is 0 Å². The van der Waals surface area contributed by atoms with Gasteiger partial charge in [0.15, 0.2) is 0 Å². The SMILES string of the molecule is CCCNCc1c(OCC(C)CC)ccc2ccccc12. The van der Waals surface area contributed by atoms with Gasteiger partial charge in [-0.15, -0.1) is 0 Å². The molecule has 0 radical (unpaired) electrons. The van der Waals surface area contributed by atoms with Crippen molar-refractivity contribution in [2.75, 3.05) is 13.2 Å². The van der Waals surface area contributed by atoms with Crippen molar-refractivity contribution in [2.24, 2.45) is 5.92 Å². The fourth-order valence-electron chi connectivity index (χ4n) is 2.37. The van der Waals surface area contributed by atoms with Gasteiger partial charge in [0.1, 0.15) is 5.75 Å². The number of rotatable bonds is 8. The molecule has 1 atom stereocenters. The van der Waals surface area contributed by atoms with Crippen molar-refractivity contribution in [1.29, 1.82) is 0 Å². The zero-order valence-electron chi connectivity index (χ0n) is 13.5. The van der Waals surface area contributed by atoms with E-state index in [1.54, 1.807) is 0 Å². The maximum Gasteiger partial charge on any atom is 0.124 e. The molecule has 0 spiro atoms. The molecule has 0 aromatic heterocycles. The lowest BCUT2D eigenvalue weighted by molar-refractivity contribution is 0.254. The molecule has 2 aromatic rings. The van der Waals surface area contributed by atoms with Gasteiger partial charge in [-0.25, -0.2) is 0 Å². The van der Waals surface area contributed by atoms with Crippen LogP contribution in [0.15, 0.2) is 36.4 Å². The van der Waals surface area contributed by atoms with Crippen LogP contribution in [0, 0.1) is 5.92 Å². The van der Waals surface area contributed by atoms with Gasteiger partial charge in [0.25, 0.3) is 0 Å². The minimum absolute atomic E-state index is 0.591. The van der Waals surface area contributed by atoms with Crippen molar-refractivity contribution in [2.45, 2.75) is 40.2 Å². The fraction of sp³-hybridized carbons (Fsp3) is 0.474. The molecule has 2 aromatic carbocycles. The third-order valence-corrected chi connectivity index (χ3v) is 3.95. The highest BCUT2D eigenvalue weighted by Crippen LogP contribution is 2.28. The highest BCUT2D eigenvalue weighted by molar-refractivity contribution is 5.87. The van der Waals surface area contributed by atoms with E-state index in [1.807, 2.05) is 0 Å². The molecule has 21 heavy (non-hydrogen) atoms. The lowest BCUT2D eigenvalue weighted by atomic mass is 10.0. The Hall–Kier alpha value is -1.54. The maximum atomic E-state index is 6.09. The van der Waals surface area contributed by atoms with Crippen molar-refractivity contribution in [1.82, 2.24) is 5.32 Å². The Morgan fingerprint density at radius 1 is 1.10 bits per heavy atom. The summed E-state index contributed by atoms with van der Waals surface area (Å²) in [6.07, 6.45) is 2.30. The standard InChI is InChI=1S/C19H27NO/c1-4-12-20-13-18-17-9-7-6-8-16(17)10-11-19(18)21-14-15(3)5-2/h6-11,15,20H,4-5,12-14H2,1-3H3. The first-order valence-electron chi connectivity index (χ1n) is 8.10. The van der Waals surface area contributed by atoms with Crippen LogP contribution in [-0.4, -0.2) is 13.2 Å². The summed E-state index contributed by atoms with van der Waals surface area (Å²) in [7, 11) is 0. The van der Waals surface area contributed by atoms with Crippen molar-refractivity contribution in [3.05, 3.63) is 42.0 Å². The molecule has 1 N–H and O–H groups in total. The van der Waals surface area contributed by atoms with Crippen molar-refractivity contribution >= 4 is 10.8 Å². The monoisotopic (exact) mass is 285 g/mol. The van der Waals surface area contributed by atoms with E-state index >= 15 is 0 Å². The van der Waals surface area contributed by atoms with Gasteiger partial charge in [-0.1, -0.05) is 57.5 Å². The van der Waals surface area contributed by atoms with Gasteiger partial charge in [-0.2, -0.15) is 0 Å². The summed E-state index contributed by atoms with van der Waals surface area (Å²) in [5.74, 6) is 1.62. The number of ether oxygens (including phenoxy) is 1. The Morgan fingerprint density at radius 3 is 2.67 bits per heavy atom. The average molecular weight is 285 g/mol. The van der Waals surface area contributed by atoms with Crippen LogP contribution in [-0.2, 0) is 6.54 Å². The quantitative estimate of drug-likeness (QED) is 0.706. The van der Waals surface area contributed by atoms with Gasteiger partial charge in [0.05, 0.1) is 6.61 Å². The van der Waals surface area contributed by atoms with Crippen molar-refractivity contribution in [3.63, 3.8) is 0 Å². The zero-order valence-corrected chi connectivity index (χ0v) is 13.5. The Morgan fingerprint density at radius 2 is 1.90 bits per heavy atom. The van der Waals surface area contributed by atoms with Crippen LogP contribution < -0.4 is 10.1 Å². The molecule has 0 aliphatic carbocycles. The Kier molecular flexibility index (Phi) is 6.06. The van der Waals surface area contributed by atoms with Crippen molar-refractivity contribution < 1.29 is 4.74 Å². The largest absolute Gasteiger partial charge is 0.493 e. The topological polar surface area (TPSA) is 21.3 Å². The fourth-order valence-corrected chi connectivity index (χ4v) is 2.37. The minimum Gasteiger partial charge on any atom is -0.493 e. The lowest BCUT2D eigenvalue weighted by Gasteiger charge is -2.17. The Balaban J connectivity index is 2.27. The second-order valence-electron chi connectivity index (χ2n) is 5.76. The molecule has 0 saturated carbocycles. The van der Waals surface area contributed by atoms with Crippen LogP contribution in [0.5, 0.6) is 5.75 Å². The number of nitrogens with one attached hydrogen (secondary N) is 1. The van der Waals surface area contributed by atoms with E-state index in [-0.39, 0.29) is 0 Å². The van der Waals surface area contributed by atoms with Gasteiger partial charge in [-0.05, 0) is 35.7 Å². The average Bonchev–Trinajstić information content (AvgIpc) is 2.53. The molecule has 0 aliphatic rings. The van der Waals surface area contributed by atoms with Crippen LogP contribution in [0.1, 0.15) is 39.2 Å². The van der Waals surface area contributed by atoms with Gasteiger partial charge in [0.2, 0.25) is 0 Å². The van der Waals surface area contributed by atoms with Gasteiger partial charge >= 0.3 is 0 Å². The zero-order chi connectivity index (χ0) is 15.1. The third-order valence-electron chi connectivity index (χ3n) is 3.95. The number of benzene rings is 2. The van der Waals surface area contributed by atoms with Crippen LogP contribution in [0.3, 0.4) is 0 Å². The summed E-state index contributed by atoms with van der Waals surface area (Å²) in [6.45, 7) is 9.32. The van der Waals surface area contributed by atoms with Crippen LogP contribution in [0.2, 0.25) is 0 Å². The Labute approximate surface area is 128 Å². The predicted octanol–water partition coefficient (Wildman–Crippen LogP) is 4.76. The molecule has 0 amide bonds. The molecule has 0 fully saturated rings. The van der Waals surface area contributed by atoms with E-state index in [0.717, 1.165) is 38.3 Å². The van der Waals surface area contributed by atoms with Gasteiger partial charge in [0, 0.05) is 12.1 Å². The summed E-state index contributed by atoms with van der Waals surface area (Å²) in [6, 6.07) is 12.8. The highest BCUT2D eigenvalue weighted by Gasteiger charge is 2.09. The molecule has 0 aliphatic heterocycles. The third kappa shape index (κ3) is 4.21. The Bertz CT molecular complexity index is 564. The van der Waals surface area contributed by atoms with E-state index in [0.29, 0.717) is 5.92 Å². The number of hydrogen-bond acceptors (Lipinski definition) is 2. The smallest absolute Gasteiger partial charge is 0.124 e. The highest BCUT2D eigenvalue weighted by atomic mass is 16.5. The van der Waals surface area contributed by atoms with E-state index in [2.05, 4.69) is 62.5 Å². The molecule has 2 rings (SSSR count). The second-order valence-corrected chi connectivity index (χ2v) is 5.76. The van der Waals surface area contributed by atoms with Crippen molar-refractivity contribution in [3.8, 4) is 5.75 Å². The van der Waals surface area contributed by atoms with Gasteiger partial charge < -0.3 is 10.1 Å². The minimum atomic E-state index is 0.591. The molecule has 114 valence electrons. The van der Waals surface area contributed by atoms with E-state index < -0.39 is 0 Å². The summed E-state index contributed by atoms with van der Waals surface area (Å²) in [5.41, 5.74) is 1.28. The van der Waals surface area contributed by atoms with Crippen LogP contribution in [0.25, 0.3) is 10.8 Å². The molecule has 2 nitrogen and oxygen atoms in total. The van der Waals surface area contributed by atoms with Gasteiger partial charge in [-0.3, -0.25) is 0 Å². The second kappa shape index (κ2) is 8.04. The first kappa shape index (κ1) is 15.8. The predicted molar refractivity (Wildman–Crippen MR) is 90.9 cm³/mol. The van der Waals surface area contributed by atoms with Crippen LogP contribution >= 0.6 is 0 Å². The normalized spacial score (nSPS) is 12.5. The summed E-state index contributed by atoms with van der Waals surface area (Å²) >= 11 is 0. The molecule has 2 heteroatoms. The maximum absolute atomic E-state index is 6.09.